The summed E-state index contributed by atoms with van der Waals surface area (Å²) in [5.74, 6) is -0.567. The average Bonchev–Trinajstić information content (AvgIpc) is 2.15. The van der Waals surface area contributed by atoms with E-state index in [-0.39, 0.29) is 5.56 Å². The van der Waals surface area contributed by atoms with Crippen molar-refractivity contribution in [2.24, 2.45) is 0 Å². The molecule has 1 aromatic rings. The maximum Gasteiger partial charge on any atom is 0.418 e. The van der Waals surface area contributed by atoms with Crippen molar-refractivity contribution in [2.45, 2.75) is 11.9 Å². The summed E-state index contributed by atoms with van der Waals surface area (Å²) in [5, 5.41) is 8.63. The predicted octanol–water partition coefficient (Wildman–Crippen LogP) is 1.62. The zero-order valence-electron chi connectivity index (χ0n) is 7.78. The van der Waals surface area contributed by atoms with Crippen LogP contribution in [0, 0.1) is 0 Å². The summed E-state index contributed by atoms with van der Waals surface area (Å²) >= 11 is 0. The van der Waals surface area contributed by atoms with Gasteiger partial charge in [0, 0.05) is 0 Å². The molecule has 0 amide bonds. The van der Waals surface area contributed by atoms with E-state index < -0.39 is 33.9 Å². The molecule has 0 aliphatic heterocycles. The van der Waals surface area contributed by atoms with Gasteiger partial charge in [0.25, 0.3) is 0 Å². The third-order valence-electron chi connectivity index (χ3n) is 1.87. The number of anilines is 1. The molecule has 0 heterocycles. The molecule has 0 saturated heterocycles. The van der Waals surface area contributed by atoms with Gasteiger partial charge in [-0.15, -0.1) is 0 Å². The minimum absolute atomic E-state index is 0.131. The van der Waals surface area contributed by atoms with Crippen LogP contribution in [0.15, 0.2) is 18.2 Å². The van der Waals surface area contributed by atoms with Crippen LogP contribution in [-0.4, -0.2) is 13.6 Å². The Morgan fingerprint density at radius 3 is 2.38 bits per heavy atom. The Hall–Kier alpha value is -1.28. The van der Waals surface area contributed by atoms with Crippen LogP contribution >= 0.6 is 0 Å². The molecule has 0 saturated carbocycles. The first-order valence-electron chi connectivity index (χ1n) is 4.07. The van der Waals surface area contributed by atoms with Crippen molar-refractivity contribution in [3.8, 4) is 0 Å². The molecule has 2 N–H and O–H groups in total. The first kappa shape index (κ1) is 12.8. The summed E-state index contributed by atoms with van der Waals surface area (Å²) in [4.78, 5) is 0. The fraction of sp³-hybridized carbons (Fsp3) is 0.250. The number of alkyl halides is 3. The number of halogens is 3. The second kappa shape index (κ2) is 4.71. The fourth-order valence-corrected chi connectivity index (χ4v) is 1.78. The number of nitrogens with one attached hydrogen (secondary N) is 1. The van der Waals surface area contributed by atoms with Gasteiger partial charge in [-0.1, -0.05) is 12.1 Å². The van der Waals surface area contributed by atoms with Gasteiger partial charge in [-0.3, -0.25) is 10.7 Å². The number of benzene rings is 1. The van der Waals surface area contributed by atoms with Crippen LogP contribution in [0.2, 0.25) is 0 Å². The van der Waals surface area contributed by atoms with E-state index in [1.165, 1.54) is 11.5 Å². The van der Waals surface area contributed by atoms with E-state index in [9.17, 15) is 21.6 Å². The van der Waals surface area contributed by atoms with Crippen LogP contribution < -0.4 is 5.48 Å². The molecule has 0 aromatic heterocycles. The Morgan fingerprint density at radius 2 is 1.94 bits per heavy atom. The van der Waals surface area contributed by atoms with Crippen LogP contribution in [-0.2, 0) is 22.6 Å². The smallest absolute Gasteiger partial charge is 0.291 e. The van der Waals surface area contributed by atoms with Crippen molar-refractivity contribution >= 4 is 16.4 Å². The Bertz CT molecular complexity index is 448. The monoisotopic (exact) mass is 255 g/mol. The van der Waals surface area contributed by atoms with Crippen LogP contribution in [0.25, 0.3) is 0 Å². The highest BCUT2D eigenvalue weighted by Gasteiger charge is 2.34. The van der Waals surface area contributed by atoms with Gasteiger partial charge in [0.15, 0.2) is 0 Å². The second-order valence-electron chi connectivity index (χ2n) is 2.94. The largest absolute Gasteiger partial charge is 0.418 e. The lowest BCUT2D eigenvalue weighted by atomic mass is 10.1. The lowest BCUT2D eigenvalue weighted by molar-refractivity contribution is -0.137. The van der Waals surface area contributed by atoms with Crippen molar-refractivity contribution in [1.82, 2.24) is 0 Å². The molecule has 0 atom stereocenters. The summed E-state index contributed by atoms with van der Waals surface area (Å²) in [6.07, 6.45) is -4.66. The lowest BCUT2D eigenvalue weighted by Gasteiger charge is -2.14. The highest BCUT2D eigenvalue weighted by atomic mass is 32.2. The van der Waals surface area contributed by atoms with E-state index in [0.29, 0.717) is 0 Å². The molecular formula is C8H8F3NO3S. The van der Waals surface area contributed by atoms with Crippen LogP contribution in [0.4, 0.5) is 18.9 Å². The zero-order chi connectivity index (χ0) is 12.3. The molecule has 0 radical (unpaired) electrons. The van der Waals surface area contributed by atoms with E-state index >= 15 is 0 Å². The molecule has 8 heteroatoms. The lowest BCUT2D eigenvalue weighted by Crippen LogP contribution is -2.11. The van der Waals surface area contributed by atoms with Crippen LogP contribution in [0.5, 0.6) is 0 Å². The Morgan fingerprint density at radius 1 is 1.31 bits per heavy atom. The molecule has 0 aliphatic carbocycles. The maximum absolute atomic E-state index is 12.5. The maximum atomic E-state index is 12.5. The molecule has 0 fully saturated rings. The first-order chi connectivity index (χ1) is 7.36. The van der Waals surface area contributed by atoms with Gasteiger partial charge in [-0.05, 0) is 11.6 Å². The van der Waals surface area contributed by atoms with Gasteiger partial charge in [0.05, 0.1) is 17.0 Å². The first-order valence-corrected chi connectivity index (χ1v) is 5.43. The standard InChI is InChI=1S/C8H8F3NO3S/c9-8(10,11)6-3-1-2-5(4-16(14)15)7(6)12-13/h1-3,12-13,16H,4H2. The zero-order valence-corrected chi connectivity index (χ0v) is 8.68. The molecular weight excluding hydrogens is 247 g/mol. The normalized spacial score (nSPS) is 11.8. The Kier molecular flexibility index (Phi) is 3.76. The van der Waals surface area contributed by atoms with Crippen molar-refractivity contribution < 1.29 is 26.8 Å². The van der Waals surface area contributed by atoms with E-state index in [0.717, 1.165) is 12.1 Å². The number of para-hydroxylation sites is 1. The van der Waals surface area contributed by atoms with Crippen LogP contribution in [0.1, 0.15) is 11.1 Å². The highest BCUT2D eigenvalue weighted by Crippen LogP contribution is 2.36. The molecule has 4 nitrogen and oxygen atoms in total. The third-order valence-corrected chi connectivity index (χ3v) is 2.47. The Labute approximate surface area is 90.6 Å². The predicted molar refractivity (Wildman–Crippen MR) is 50.9 cm³/mol. The van der Waals surface area contributed by atoms with Crippen molar-refractivity contribution in [1.29, 1.82) is 0 Å². The van der Waals surface area contributed by atoms with Crippen molar-refractivity contribution in [2.75, 3.05) is 5.48 Å². The van der Waals surface area contributed by atoms with E-state index in [2.05, 4.69) is 0 Å². The molecule has 0 aliphatic rings. The topological polar surface area (TPSA) is 66.4 Å². The van der Waals surface area contributed by atoms with Gasteiger partial charge in [0.2, 0.25) is 0 Å². The van der Waals surface area contributed by atoms with E-state index in [1.807, 2.05) is 0 Å². The van der Waals surface area contributed by atoms with Crippen LogP contribution in [0.3, 0.4) is 0 Å². The molecule has 0 unspecified atom stereocenters. The quantitative estimate of drug-likeness (QED) is 0.567. The molecule has 90 valence electrons. The van der Waals surface area contributed by atoms with Crippen molar-refractivity contribution in [3.05, 3.63) is 29.3 Å². The molecule has 1 rings (SSSR count). The van der Waals surface area contributed by atoms with Gasteiger partial charge in [0.1, 0.15) is 10.7 Å². The van der Waals surface area contributed by atoms with E-state index in [4.69, 9.17) is 5.21 Å². The SMILES string of the molecule is O=[SH](=O)Cc1cccc(C(F)(F)F)c1NO. The van der Waals surface area contributed by atoms with Gasteiger partial charge in [-0.2, -0.15) is 13.2 Å². The molecule has 0 spiro atoms. The summed E-state index contributed by atoms with van der Waals surface area (Å²) in [6, 6.07) is 3.02. The number of hydrogen-bond acceptors (Lipinski definition) is 4. The van der Waals surface area contributed by atoms with E-state index in [1.54, 1.807) is 0 Å². The summed E-state index contributed by atoms with van der Waals surface area (Å²) in [7, 11) is -2.87. The van der Waals surface area contributed by atoms with Gasteiger partial charge >= 0.3 is 6.18 Å². The minimum Gasteiger partial charge on any atom is -0.291 e. The molecule has 1 aromatic carbocycles. The molecule has 16 heavy (non-hydrogen) atoms. The molecule has 0 bridgehead atoms. The number of rotatable bonds is 3. The number of hydrogen-bond donors (Lipinski definition) is 3. The second-order valence-corrected chi connectivity index (χ2v) is 3.92. The third kappa shape index (κ3) is 2.86. The fourth-order valence-electron chi connectivity index (χ4n) is 1.24. The van der Waals surface area contributed by atoms with Gasteiger partial charge in [-0.25, -0.2) is 8.42 Å². The average molecular weight is 255 g/mol. The highest BCUT2D eigenvalue weighted by molar-refractivity contribution is 7.71. The summed E-state index contributed by atoms with van der Waals surface area (Å²) in [6.45, 7) is 0. The number of thiol groups is 1. The summed E-state index contributed by atoms with van der Waals surface area (Å²) < 4.78 is 58.2. The van der Waals surface area contributed by atoms with Gasteiger partial charge < -0.3 is 0 Å². The van der Waals surface area contributed by atoms with Crippen molar-refractivity contribution in [3.63, 3.8) is 0 Å². The minimum atomic E-state index is -4.66. The summed E-state index contributed by atoms with van der Waals surface area (Å²) in [5.41, 5.74) is -0.480. The Balaban J connectivity index is 3.31.